The Hall–Kier alpha value is -4.76. The molecule has 16 heteroatoms. The summed E-state index contributed by atoms with van der Waals surface area (Å²) < 4.78 is 55.5. The fraction of sp³-hybridized carbons (Fsp3) is 0.263. The number of phosphoric ester groups is 1. The van der Waals surface area contributed by atoms with E-state index in [9.17, 15) is 19.0 Å². The molecule has 3 heterocycles. The van der Waals surface area contributed by atoms with Crippen LogP contribution in [0.4, 0.5) is 0 Å². The first-order chi connectivity index (χ1) is 26.0. The van der Waals surface area contributed by atoms with Crippen molar-refractivity contribution in [2.45, 2.75) is 36.6 Å². The number of benzene rings is 4. The molecule has 0 radical (unpaired) electrons. The number of para-hydroxylation sites is 1. The topological polar surface area (TPSA) is 166 Å². The van der Waals surface area contributed by atoms with E-state index in [1.807, 2.05) is 78.9 Å². The number of ether oxygens (including phenoxy) is 5. The minimum absolute atomic E-state index is 0.0649. The minimum atomic E-state index is -4.97. The summed E-state index contributed by atoms with van der Waals surface area (Å²) in [4.78, 5) is 44.1. The van der Waals surface area contributed by atoms with Gasteiger partial charge in [-0.15, -0.1) is 4.67 Å². The zero-order valence-electron chi connectivity index (χ0n) is 29.2. The first-order valence-electron chi connectivity index (χ1n) is 16.7. The fourth-order valence-corrected chi connectivity index (χ4v) is 7.57. The molecule has 0 spiro atoms. The van der Waals surface area contributed by atoms with E-state index in [0.29, 0.717) is 11.5 Å². The molecule has 5 aromatic rings. The lowest BCUT2D eigenvalue weighted by Crippen LogP contribution is -2.49. The average molecular weight is 779 g/mol. The number of H-pyrrole nitrogens is 1. The maximum atomic E-state index is 13.2. The standard InChI is InChI=1S/C38H36ClN2O12P/c1-24-21-41(36(43)40-34(24)42)35-32-33(51-53-54(44,45)52-31-12-8-7-11-30(31)39)37(50-35,22-48-32)23-49-38(25-9-5-4-6-10-25,26-13-17-28(46-2)18-14-26)27-15-19-29(47-3)20-16-27/h4-21,32-33,35H,22-23H2,1-3H3,(H,44,45)(H,40,42,43)/t32-,33-,35-,37-/m1/s1. The van der Waals surface area contributed by atoms with E-state index in [4.69, 9.17) is 49.4 Å². The normalized spacial score (nSPS) is 21.8. The summed E-state index contributed by atoms with van der Waals surface area (Å²) in [6, 6.07) is 30.4. The molecule has 4 aromatic carbocycles. The highest BCUT2D eigenvalue weighted by Crippen LogP contribution is 2.52. The van der Waals surface area contributed by atoms with Gasteiger partial charge in [0.25, 0.3) is 5.56 Å². The third-order valence-electron chi connectivity index (χ3n) is 9.39. The molecule has 2 bridgehead atoms. The minimum Gasteiger partial charge on any atom is -0.497 e. The number of phosphoric acid groups is 1. The van der Waals surface area contributed by atoms with Gasteiger partial charge < -0.3 is 28.2 Å². The Labute approximate surface area is 314 Å². The number of fused-ring (bicyclic) bond motifs is 2. The maximum Gasteiger partial charge on any atom is 0.555 e. The van der Waals surface area contributed by atoms with Gasteiger partial charge in [0, 0.05) is 11.8 Å². The van der Waals surface area contributed by atoms with Crippen molar-refractivity contribution < 1.29 is 47.2 Å². The summed E-state index contributed by atoms with van der Waals surface area (Å²) in [6.07, 6.45) is -2.22. The van der Waals surface area contributed by atoms with Crippen LogP contribution >= 0.6 is 19.4 Å². The lowest BCUT2D eigenvalue weighted by Gasteiger charge is -2.40. The molecule has 0 saturated carbocycles. The van der Waals surface area contributed by atoms with E-state index >= 15 is 0 Å². The number of methoxy groups -OCH3 is 2. The number of hydrogen-bond donors (Lipinski definition) is 2. The molecule has 1 aromatic heterocycles. The monoisotopic (exact) mass is 778 g/mol. The molecule has 1 unspecified atom stereocenters. The predicted octanol–water partition coefficient (Wildman–Crippen LogP) is 5.69. The van der Waals surface area contributed by atoms with Gasteiger partial charge in [0.05, 0.1) is 32.5 Å². The van der Waals surface area contributed by atoms with Crippen molar-refractivity contribution in [1.82, 2.24) is 9.55 Å². The first-order valence-corrected chi connectivity index (χ1v) is 18.6. The molecule has 2 fully saturated rings. The predicted molar refractivity (Wildman–Crippen MR) is 195 cm³/mol. The molecule has 2 N–H and O–H groups in total. The zero-order chi connectivity index (χ0) is 38.1. The summed E-state index contributed by atoms with van der Waals surface area (Å²) in [5, 5.41) is 0.0649. The van der Waals surface area contributed by atoms with Crippen LogP contribution in [0.15, 0.2) is 119 Å². The second-order valence-electron chi connectivity index (χ2n) is 12.7. The van der Waals surface area contributed by atoms with Crippen LogP contribution in [0.3, 0.4) is 0 Å². The Bertz CT molecular complexity index is 2220. The molecule has 2 saturated heterocycles. The summed E-state index contributed by atoms with van der Waals surface area (Å²) >= 11 is 6.15. The number of aryl methyl sites for hydroxylation is 1. The second kappa shape index (κ2) is 15.2. The molecular formula is C38H36ClN2O12P. The van der Waals surface area contributed by atoms with E-state index in [1.54, 1.807) is 26.4 Å². The number of hydrogen-bond acceptors (Lipinski definition) is 11. The summed E-state index contributed by atoms with van der Waals surface area (Å²) in [6.45, 7) is 1.11. The molecule has 2 aliphatic heterocycles. The highest BCUT2D eigenvalue weighted by atomic mass is 35.5. The fourth-order valence-electron chi connectivity index (χ4n) is 6.70. The van der Waals surface area contributed by atoms with Crippen LogP contribution < -0.4 is 25.2 Å². The Morgan fingerprint density at radius 3 is 2.11 bits per heavy atom. The summed E-state index contributed by atoms with van der Waals surface area (Å²) in [5.41, 5.74) is -1.81. The van der Waals surface area contributed by atoms with E-state index < -0.39 is 48.7 Å². The van der Waals surface area contributed by atoms with Gasteiger partial charge >= 0.3 is 13.5 Å². The van der Waals surface area contributed by atoms with Crippen molar-refractivity contribution in [1.29, 1.82) is 0 Å². The van der Waals surface area contributed by atoms with Crippen molar-refractivity contribution in [2.24, 2.45) is 0 Å². The summed E-state index contributed by atoms with van der Waals surface area (Å²) in [5.74, 6) is 1.14. The molecule has 54 heavy (non-hydrogen) atoms. The third-order valence-corrected chi connectivity index (χ3v) is 10.4. The van der Waals surface area contributed by atoms with Crippen LogP contribution in [0.1, 0.15) is 28.5 Å². The zero-order valence-corrected chi connectivity index (χ0v) is 30.9. The van der Waals surface area contributed by atoms with Gasteiger partial charge in [-0.05, 0) is 60.0 Å². The van der Waals surface area contributed by atoms with Crippen LogP contribution in [0.25, 0.3) is 0 Å². The molecular weight excluding hydrogens is 743 g/mol. The van der Waals surface area contributed by atoms with Crippen molar-refractivity contribution in [3.05, 3.63) is 157 Å². The Morgan fingerprint density at radius 1 is 0.907 bits per heavy atom. The smallest absolute Gasteiger partial charge is 0.497 e. The molecule has 14 nitrogen and oxygen atoms in total. The van der Waals surface area contributed by atoms with E-state index in [1.165, 1.54) is 25.3 Å². The van der Waals surface area contributed by atoms with Crippen LogP contribution in [-0.4, -0.2) is 59.7 Å². The average Bonchev–Trinajstić information content (AvgIpc) is 3.69. The number of rotatable bonds is 14. The number of aromatic amines is 1. The largest absolute Gasteiger partial charge is 0.555 e. The highest BCUT2D eigenvalue weighted by Gasteiger charge is 2.65. The number of aromatic nitrogens is 2. The lowest BCUT2D eigenvalue weighted by molar-refractivity contribution is -0.284. The maximum absolute atomic E-state index is 13.2. The van der Waals surface area contributed by atoms with Crippen LogP contribution in [0.2, 0.25) is 5.02 Å². The van der Waals surface area contributed by atoms with E-state index in [0.717, 1.165) is 21.3 Å². The Kier molecular flexibility index (Phi) is 10.5. The van der Waals surface area contributed by atoms with Crippen LogP contribution in [0, 0.1) is 6.92 Å². The number of nitrogens with one attached hydrogen (secondary N) is 1. The second-order valence-corrected chi connectivity index (χ2v) is 14.4. The highest BCUT2D eigenvalue weighted by molar-refractivity contribution is 7.47. The van der Waals surface area contributed by atoms with Gasteiger partial charge in [-0.2, -0.15) is 0 Å². The molecule has 2 aliphatic rings. The molecule has 0 amide bonds. The Morgan fingerprint density at radius 2 is 1.50 bits per heavy atom. The third kappa shape index (κ3) is 7.10. The van der Waals surface area contributed by atoms with Gasteiger partial charge in [0.1, 0.15) is 34.6 Å². The van der Waals surface area contributed by atoms with Gasteiger partial charge in [0.15, 0.2) is 12.3 Å². The van der Waals surface area contributed by atoms with Crippen molar-refractivity contribution in [2.75, 3.05) is 27.4 Å². The number of nitrogens with zero attached hydrogens (tertiary/aromatic N) is 1. The molecule has 7 rings (SSSR count). The van der Waals surface area contributed by atoms with Crippen molar-refractivity contribution in [3.63, 3.8) is 0 Å². The van der Waals surface area contributed by atoms with Gasteiger partial charge in [-0.3, -0.25) is 19.2 Å². The van der Waals surface area contributed by atoms with Crippen LogP contribution in [-0.2, 0) is 33.9 Å². The molecule has 0 aliphatic carbocycles. The Balaban J connectivity index is 1.30. The van der Waals surface area contributed by atoms with Crippen molar-refractivity contribution >= 4 is 19.4 Å². The van der Waals surface area contributed by atoms with E-state index in [2.05, 4.69) is 4.98 Å². The summed E-state index contributed by atoms with van der Waals surface area (Å²) in [7, 11) is -1.82. The lowest BCUT2D eigenvalue weighted by atomic mass is 9.79. The first kappa shape index (κ1) is 37.6. The molecule has 5 atom stereocenters. The van der Waals surface area contributed by atoms with Gasteiger partial charge in [-0.25, -0.2) is 14.2 Å². The van der Waals surface area contributed by atoms with Gasteiger partial charge in [0.2, 0.25) is 0 Å². The molecule has 282 valence electrons. The number of halogens is 1. The van der Waals surface area contributed by atoms with E-state index in [-0.39, 0.29) is 29.5 Å². The van der Waals surface area contributed by atoms with Crippen LogP contribution in [0.5, 0.6) is 17.2 Å². The van der Waals surface area contributed by atoms with Crippen molar-refractivity contribution in [3.8, 4) is 17.2 Å². The van der Waals surface area contributed by atoms with Gasteiger partial charge in [-0.1, -0.05) is 78.3 Å². The quantitative estimate of drug-likeness (QED) is 0.0614. The SMILES string of the molecule is COc1ccc(C(OC[C@@]23CO[C@@H]([C@H](n4cc(C)c(=O)[nH]c4=O)O2)[C@H]3OOP(=O)(O)Oc2ccccc2Cl)(c2ccccc2)c2ccc(OC)cc2)cc1.